The van der Waals surface area contributed by atoms with E-state index in [2.05, 4.69) is 4.98 Å². The van der Waals surface area contributed by atoms with E-state index in [1.807, 2.05) is 0 Å². The number of aryl methyl sites for hydroxylation is 1. The first-order chi connectivity index (χ1) is 9.40. The molecule has 1 aromatic carbocycles. The smallest absolute Gasteiger partial charge is 0.254 e. The fraction of sp³-hybridized carbons (Fsp3) is 0.231. The van der Waals surface area contributed by atoms with Crippen LogP contribution in [0, 0.1) is 17.5 Å². The number of amides is 1. The summed E-state index contributed by atoms with van der Waals surface area (Å²) in [6, 6.07) is 1.35. The average molecular weight is 283 g/mol. The van der Waals surface area contributed by atoms with Crippen LogP contribution < -0.4 is 0 Å². The lowest BCUT2D eigenvalue weighted by atomic mass is 10.2. The second-order valence-corrected chi connectivity index (χ2v) is 4.37. The fourth-order valence-electron chi connectivity index (χ4n) is 1.73. The van der Waals surface area contributed by atoms with Crippen LogP contribution in [0.2, 0.25) is 0 Å². The number of aromatic nitrogens is 2. The molecule has 2 rings (SSSR count). The molecule has 0 aliphatic carbocycles. The monoisotopic (exact) mass is 283 g/mol. The third kappa shape index (κ3) is 2.66. The molecule has 2 aromatic rings. The number of hydrogen-bond donors (Lipinski definition) is 0. The second-order valence-electron chi connectivity index (χ2n) is 4.37. The van der Waals surface area contributed by atoms with Gasteiger partial charge in [-0.1, -0.05) is 0 Å². The van der Waals surface area contributed by atoms with Gasteiger partial charge in [0.2, 0.25) is 0 Å². The second kappa shape index (κ2) is 5.36. The van der Waals surface area contributed by atoms with Crippen LogP contribution >= 0.6 is 0 Å². The van der Waals surface area contributed by atoms with Crippen LogP contribution in [0.3, 0.4) is 0 Å². The van der Waals surface area contributed by atoms with Crippen LogP contribution in [-0.2, 0) is 13.6 Å². The quantitative estimate of drug-likeness (QED) is 0.809. The van der Waals surface area contributed by atoms with E-state index in [0.29, 0.717) is 18.0 Å². The average Bonchev–Trinajstić information content (AvgIpc) is 2.80. The van der Waals surface area contributed by atoms with Crippen LogP contribution in [0.1, 0.15) is 16.2 Å². The maximum absolute atomic E-state index is 13.1. The first-order valence-corrected chi connectivity index (χ1v) is 5.76. The molecule has 0 saturated carbocycles. The summed E-state index contributed by atoms with van der Waals surface area (Å²) >= 11 is 0. The highest BCUT2D eigenvalue weighted by Gasteiger charge is 2.18. The van der Waals surface area contributed by atoms with Crippen molar-refractivity contribution >= 4 is 5.91 Å². The van der Waals surface area contributed by atoms with E-state index in [9.17, 15) is 18.0 Å². The van der Waals surface area contributed by atoms with Crippen molar-refractivity contribution in [3.63, 3.8) is 0 Å². The fourth-order valence-corrected chi connectivity index (χ4v) is 1.73. The molecule has 106 valence electrons. The van der Waals surface area contributed by atoms with Gasteiger partial charge in [0, 0.05) is 32.1 Å². The Labute approximate surface area is 113 Å². The lowest BCUT2D eigenvalue weighted by Crippen LogP contribution is -2.27. The standard InChI is InChI=1S/C13H12F3N3O/c1-18-4-3-17-11(18)7-19(2)13(20)8-5-9(14)12(16)10(15)6-8/h3-6H,7H2,1-2H3. The summed E-state index contributed by atoms with van der Waals surface area (Å²) in [6.07, 6.45) is 3.29. The van der Waals surface area contributed by atoms with E-state index in [-0.39, 0.29) is 12.1 Å². The zero-order chi connectivity index (χ0) is 14.9. The number of imidazole rings is 1. The van der Waals surface area contributed by atoms with Crippen LogP contribution in [0.5, 0.6) is 0 Å². The number of hydrogen-bond acceptors (Lipinski definition) is 2. The summed E-state index contributed by atoms with van der Waals surface area (Å²) in [5, 5.41) is 0. The zero-order valence-electron chi connectivity index (χ0n) is 10.9. The number of benzene rings is 1. The topological polar surface area (TPSA) is 38.1 Å². The predicted molar refractivity (Wildman–Crippen MR) is 65.3 cm³/mol. The Balaban J connectivity index is 2.21. The van der Waals surface area contributed by atoms with Crippen LogP contribution in [0.25, 0.3) is 0 Å². The lowest BCUT2D eigenvalue weighted by molar-refractivity contribution is 0.0779. The minimum atomic E-state index is -1.59. The van der Waals surface area contributed by atoms with Gasteiger partial charge in [0.15, 0.2) is 17.5 Å². The molecule has 0 aliphatic heterocycles. The molecular formula is C13H12F3N3O. The lowest BCUT2D eigenvalue weighted by Gasteiger charge is -2.17. The summed E-state index contributed by atoms with van der Waals surface area (Å²) in [5.41, 5.74) is -0.252. The molecule has 1 aromatic heterocycles. The minimum absolute atomic E-state index is 0.170. The van der Waals surface area contributed by atoms with E-state index < -0.39 is 23.4 Å². The van der Waals surface area contributed by atoms with Crippen molar-refractivity contribution in [2.24, 2.45) is 7.05 Å². The van der Waals surface area contributed by atoms with Gasteiger partial charge in [-0.2, -0.15) is 0 Å². The largest absolute Gasteiger partial charge is 0.337 e. The van der Waals surface area contributed by atoms with Gasteiger partial charge in [-0.15, -0.1) is 0 Å². The molecule has 1 amide bonds. The van der Waals surface area contributed by atoms with Gasteiger partial charge in [-0.3, -0.25) is 4.79 Å². The van der Waals surface area contributed by atoms with E-state index in [1.165, 1.54) is 11.9 Å². The number of carbonyl (C=O) groups is 1. The Morgan fingerprint density at radius 1 is 1.30 bits per heavy atom. The molecule has 0 atom stereocenters. The first-order valence-electron chi connectivity index (χ1n) is 5.76. The Morgan fingerprint density at radius 3 is 2.40 bits per heavy atom. The van der Waals surface area contributed by atoms with Crippen molar-refractivity contribution in [1.82, 2.24) is 14.5 Å². The van der Waals surface area contributed by atoms with Crippen LogP contribution in [-0.4, -0.2) is 27.4 Å². The van der Waals surface area contributed by atoms with Crippen molar-refractivity contribution in [1.29, 1.82) is 0 Å². The number of nitrogens with zero attached hydrogens (tertiary/aromatic N) is 3. The van der Waals surface area contributed by atoms with Gasteiger partial charge >= 0.3 is 0 Å². The van der Waals surface area contributed by atoms with E-state index >= 15 is 0 Å². The number of halogens is 3. The van der Waals surface area contributed by atoms with Crippen molar-refractivity contribution < 1.29 is 18.0 Å². The predicted octanol–water partition coefficient (Wildman–Crippen LogP) is 2.11. The van der Waals surface area contributed by atoms with E-state index in [0.717, 1.165) is 0 Å². The van der Waals surface area contributed by atoms with Crippen LogP contribution in [0.4, 0.5) is 13.2 Å². The molecule has 0 fully saturated rings. The highest BCUT2D eigenvalue weighted by molar-refractivity contribution is 5.94. The molecule has 7 heteroatoms. The highest BCUT2D eigenvalue weighted by Crippen LogP contribution is 2.15. The van der Waals surface area contributed by atoms with Crippen molar-refractivity contribution in [3.05, 3.63) is 53.4 Å². The summed E-state index contributed by atoms with van der Waals surface area (Å²) in [5.74, 6) is -4.37. The van der Waals surface area contributed by atoms with Crippen LogP contribution in [0.15, 0.2) is 24.5 Å². The molecule has 1 heterocycles. The Kier molecular flexibility index (Phi) is 3.78. The number of rotatable bonds is 3. The Hall–Kier alpha value is -2.31. The van der Waals surface area contributed by atoms with E-state index in [4.69, 9.17) is 0 Å². The normalized spacial score (nSPS) is 10.7. The third-order valence-corrected chi connectivity index (χ3v) is 2.88. The minimum Gasteiger partial charge on any atom is -0.337 e. The molecule has 0 bridgehead atoms. The summed E-state index contributed by atoms with van der Waals surface area (Å²) in [6.45, 7) is 0.170. The van der Waals surface area contributed by atoms with E-state index in [1.54, 1.807) is 24.0 Å². The van der Waals surface area contributed by atoms with Crippen molar-refractivity contribution in [2.75, 3.05) is 7.05 Å². The first kappa shape index (κ1) is 14.1. The summed E-state index contributed by atoms with van der Waals surface area (Å²) in [7, 11) is 3.23. The molecule has 4 nitrogen and oxygen atoms in total. The van der Waals surface area contributed by atoms with Gasteiger partial charge in [-0.25, -0.2) is 18.2 Å². The highest BCUT2D eigenvalue weighted by atomic mass is 19.2. The maximum atomic E-state index is 13.1. The van der Waals surface area contributed by atoms with Crippen molar-refractivity contribution in [3.8, 4) is 0 Å². The maximum Gasteiger partial charge on any atom is 0.254 e. The molecular weight excluding hydrogens is 271 g/mol. The summed E-state index contributed by atoms with van der Waals surface area (Å²) < 4.78 is 40.8. The SMILES string of the molecule is CN(Cc1nccn1C)C(=O)c1cc(F)c(F)c(F)c1. The van der Waals surface area contributed by atoms with Gasteiger partial charge in [0.05, 0.1) is 6.54 Å². The molecule has 0 radical (unpaired) electrons. The van der Waals surface area contributed by atoms with Gasteiger partial charge in [0.25, 0.3) is 5.91 Å². The molecule has 0 N–H and O–H groups in total. The molecule has 0 unspecified atom stereocenters. The summed E-state index contributed by atoms with van der Waals surface area (Å²) in [4.78, 5) is 17.3. The van der Waals surface area contributed by atoms with Gasteiger partial charge < -0.3 is 9.47 Å². The number of carbonyl (C=O) groups excluding carboxylic acids is 1. The Bertz CT molecular complexity index is 631. The zero-order valence-corrected chi connectivity index (χ0v) is 10.9. The third-order valence-electron chi connectivity index (χ3n) is 2.88. The molecule has 0 aliphatic rings. The molecule has 20 heavy (non-hydrogen) atoms. The van der Waals surface area contributed by atoms with Crippen molar-refractivity contribution in [2.45, 2.75) is 6.54 Å². The van der Waals surface area contributed by atoms with Gasteiger partial charge in [-0.05, 0) is 12.1 Å². The molecule has 0 saturated heterocycles. The molecule has 0 spiro atoms. The van der Waals surface area contributed by atoms with Gasteiger partial charge in [0.1, 0.15) is 5.82 Å². The Morgan fingerprint density at radius 2 is 1.90 bits per heavy atom.